The molecule has 1 saturated carbocycles. The predicted molar refractivity (Wildman–Crippen MR) is 124 cm³/mol. The standard InChI is InChI=1S/C26H21F2N3O4/c1-33-19-11-16-10-17(13-29-18(16)12-20(19)34-2)15-5-3-14(4-6-15)9-21(32)30-24-22-23(35-31-24)25(7-8-25)26(22,27)28/h3-6,10-13H,7-9H2,1-2H3,(H,30,31,32). The minimum atomic E-state index is -3.00. The maximum absolute atomic E-state index is 14.5. The smallest absolute Gasteiger partial charge is 0.292 e. The maximum Gasteiger partial charge on any atom is 0.292 e. The summed E-state index contributed by atoms with van der Waals surface area (Å²) >= 11 is 0. The molecular weight excluding hydrogens is 456 g/mol. The summed E-state index contributed by atoms with van der Waals surface area (Å²) in [5, 5.41) is 7.06. The van der Waals surface area contributed by atoms with Crippen molar-refractivity contribution in [2.75, 3.05) is 19.5 Å². The molecule has 1 spiro atoms. The number of aromatic nitrogens is 2. The highest BCUT2D eigenvalue weighted by Crippen LogP contribution is 2.72. The van der Waals surface area contributed by atoms with E-state index in [1.165, 1.54) is 0 Å². The summed E-state index contributed by atoms with van der Waals surface area (Å²) in [6.07, 6.45) is 2.56. The van der Waals surface area contributed by atoms with Crippen LogP contribution in [0.3, 0.4) is 0 Å². The third-order valence-corrected chi connectivity index (χ3v) is 6.89. The highest BCUT2D eigenvalue weighted by Gasteiger charge is 2.77. The Morgan fingerprint density at radius 2 is 1.77 bits per heavy atom. The molecule has 0 bridgehead atoms. The van der Waals surface area contributed by atoms with Crippen LogP contribution < -0.4 is 14.8 Å². The van der Waals surface area contributed by atoms with Gasteiger partial charge in [0.25, 0.3) is 5.92 Å². The minimum absolute atomic E-state index is 0.0194. The Hall–Kier alpha value is -4.01. The monoisotopic (exact) mass is 477 g/mol. The number of hydrogen-bond donors (Lipinski definition) is 1. The van der Waals surface area contributed by atoms with E-state index in [4.69, 9.17) is 14.0 Å². The van der Waals surface area contributed by atoms with E-state index in [-0.39, 0.29) is 23.6 Å². The molecule has 1 fully saturated rings. The first-order valence-corrected chi connectivity index (χ1v) is 11.2. The summed E-state index contributed by atoms with van der Waals surface area (Å²) in [5.41, 5.74) is 1.87. The molecule has 0 aliphatic heterocycles. The summed E-state index contributed by atoms with van der Waals surface area (Å²) in [4.78, 5) is 17.0. The van der Waals surface area contributed by atoms with Gasteiger partial charge in [0.15, 0.2) is 23.1 Å². The van der Waals surface area contributed by atoms with Gasteiger partial charge in [-0.2, -0.15) is 8.78 Å². The van der Waals surface area contributed by atoms with Crippen LogP contribution >= 0.6 is 0 Å². The third-order valence-electron chi connectivity index (χ3n) is 6.89. The fourth-order valence-corrected chi connectivity index (χ4v) is 4.77. The number of carbonyl (C=O) groups is 1. The topological polar surface area (TPSA) is 86.5 Å². The van der Waals surface area contributed by atoms with Crippen molar-refractivity contribution in [1.82, 2.24) is 10.1 Å². The van der Waals surface area contributed by atoms with Crippen molar-refractivity contribution in [3.63, 3.8) is 0 Å². The Kier molecular flexibility index (Phi) is 4.61. The van der Waals surface area contributed by atoms with Crippen molar-refractivity contribution >= 4 is 22.6 Å². The van der Waals surface area contributed by atoms with E-state index in [2.05, 4.69) is 15.5 Å². The third kappa shape index (κ3) is 3.18. The number of rotatable bonds is 6. The number of alkyl halides is 2. The van der Waals surface area contributed by atoms with Crippen molar-refractivity contribution in [2.45, 2.75) is 30.6 Å². The molecule has 0 atom stereocenters. The number of ether oxygens (including phenoxy) is 2. The van der Waals surface area contributed by atoms with E-state index in [1.54, 1.807) is 20.4 Å². The molecule has 2 heterocycles. The minimum Gasteiger partial charge on any atom is -0.493 e. The molecule has 4 aromatic rings. The zero-order valence-electron chi connectivity index (χ0n) is 19.0. The highest BCUT2D eigenvalue weighted by molar-refractivity contribution is 5.93. The van der Waals surface area contributed by atoms with Gasteiger partial charge < -0.3 is 19.3 Å². The summed E-state index contributed by atoms with van der Waals surface area (Å²) < 4.78 is 44.7. The lowest BCUT2D eigenvalue weighted by molar-refractivity contribution is -0.115. The number of nitrogens with zero attached hydrogens (tertiary/aromatic N) is 2. The molecule has 0 saturated heterocycles. The molecule has 1 amide bonds. The fourth-order valence-electron chi connectivity index (χ4n) is 4.77. The molecular formula is C26H21F2N3O4. The lowest BCUT2D eigenvalue weighted by Gasteiger charge is -2.34. The van der Waals surface area contributed by atoms with Crippen molar-refractivity contribution in [3.05, 3.63) is 65.5 Å². The van der Waals surface area contributed by atoms with Gasteiger partial charge in [-0.05, 0) is 36.1 Å². The first-order valence-electron chi connectivity index (χ1n) is 11.2. The van der Waals surface area contributed by atoms with Gasteiger partial charge in [-0.25, -0.2) is 0 Å². The van der Waals surface area contributed by atoms with Crippen LogP contribution in [0.5, 0.6) is 11.5 Å². The summed E-state index contributed by atoms with van der Waals surface area (Å²) in [5.74, 6) is -2.18. The van der Waals surface area contributed by atoms with Gasteiger partial charge in [-0.15, -0.1) is 0 Å². The first-order chi connectivity index (χ1) is 16.9. The summed E-state index contributed by atoms with van der Waals surface area (Å²) in [7, 11) is 3.16. The van der Waals surface area contributed by atoms with E-state index in [1.807, 2.05) is 42.5 Å². The molecule has 6 rings (SSSR count). The van der Waals surface area contributed by atoms with Crippen LogP contribution in [0.1, 0.15) is 29.7 Å². The number of fused-ring (bicyclic) bond motifs is 3. The molecule has 0 radical (unpaired) electrons. The van der Waals surface area contributed by atoms with Crippen molar-refractivity contribution in [1.29, 1.82) is 0 Å². The summed E-state index contributed by atoms with van der Waals surface area (Å²) in [6.45, 7) is 0. The van der Waals surface area contributed by atoms with Crippen LogP contribution in [0.15, 0.2) is 53.2 Å². The Labute approximate surface area is 199 Å². The number of benzene rings is 2. The Morgan fingerprint density at radius 3 is 2.46 bits per heavy atom. The van der Waals surface area contributed by atoms with Crippen molar-refractivity contribution < 1.29 is 27.6 Å². The SMILES string of the molecule is COc1cc2cc(-c3ccc(CC(=O)Nc4noc5c4C(F)(F)C54CC4)cc3)cnc2cc1OC. The number of pyridine rings is 1. The average Bonchev–Trinajstić information content (AvgIpc) is 3.61. The molecule has 2 aromatic heterocycles. The lowest BCUT2D eigenvalue weighted by atomic mass is 9.76. The molecule has 7 nitrogen and oxygen atoms in total. The van der Waals surface area contributed by atoms with E-state index < -0.39 is 17.2 Å². The second kappa shape index (κ2) is 7.49. The van der Waals surface area contributed by atoms with Gasteiger partial charge in [0.1, 0.15) is 11.0 Å². The molecule has 178 valence electrons. The molecule has 1 N–H and O–H groups in total. The van der Waals surface area contributed by atoms with E-state index >= 15 is 0 Å². The number of nitrogens with one attached hydrogen (secondary N) is 1. The fraction of sp³-hybridized carbons (Fsp3) is 0.269. The number of halogens is 2. The second-order valence-corrected chi connectivity index (χ2v) is 8.94. The Morgan fingerprint density at radius 1 is 1.06 bits per heavy atom. The molecule has 0 unspecified atom stereocenters. The van der Waals surface area contributed by atoms with E-state index in [0.717, 1.165) is 27.6 Å². The van der Waals surface area contributed by atoms with Crippen LogP contribution in [-0.2, 0) is 22.6 Å². The van der Waals surface area contributed by atoms with Gasteiger partial charge in [0.05, 0.1) is 26.2 Å². The zero-order valence-corrected chi connectivity index (χ0v) is 19.0. The number of hydrogen-bond acceptors (Lipinski definition) is 6. The predicted octanol–water partition coefficient (Wildman–Crippen LogP) is 5.23. The number of methoxy groups -OCH3 is 2. The largest absolute Gasteiger partial charge is 0.493 e. The maximum atomic E-state index is 14.5. The average molecular weight is 477 g/mol. The van der Waals surface area contributed by atoms with Crippen LogP contribution in [0, 0.1) is 0 Å². The highest BCUT2D eigenvalue weighted by atomic mass is 19.3. The molecule has 35 heavy (non-hydrogen) atoms. The van der Waals surface area contributed by atoms with Crippen molar-refractivity contribution in [3.8, 4) is 22.6 Å². The Bertz CT molecular complexity index is 1480. The normalized spacial score (nSPS) is 16.5. The summed E-state index contributed by atoms with van der Waals surface area (Å²) in [6, 6.07) is 13.1. The number of amides is 1. The van der Waals surface area contributed by atoms with Crippen molar-refractivity contribution in [2.24, 2.45) is 0 Å². The molecule has 9 heteroatoms. The van der Waals surface area contributed by atoms with Gasteiger partial charge in [-0.3, -0.25) is 9.78 Å². The van der Waals surface area contributed by atoms with Gasteiger partial charge in [0.2, 0.25) is 5.91 Å². The van der Waals surface area contributed by atoms with Crippen LogP contribution in [0.25, 0.3) is 22.0 Å². The number of carbonyl (C=O) groups excluding carboxylic acids is 1. The van der Waals surface area contributed by atoms with Gasteiger partial charge in [0, 0.05) is 23.2 Å². The van der Waals surface area contributed by atoms with Crippen LogP contribution in [0.4, 0.5) is 14.6 Å². The van der Waals surface area contributed by atoms with Gasteiger partial charge >= 0.3 is 0 Å². The zero-order chi connectivity index (χ0) is 24.4. The molecule has 2 aromatic carbocycles. The quantitative estimate of drug-likeness (QED) is 0.410. The molecule has 2 aliphatic carbocycles. The van der Waals surface area contributed by atoms with Crippen LogP contribution in [-0.4, -0.2) is 30.3 Å². The molecule has 2 aliphatic rings. The number of anilines is 1. The van der Waals surface area contributed by atoms with E-state index in [9.17, 15) is 13.6 Å². The van der Waals surface area contributed by atoms with Gasteiger partial charge in [-0.1, -0.05) is 29.4 Å². The van der Waals surface area contributed by atoms with Crippen LogP contribution in [0.2, 0.25) is 0 Å². The van der Waals surface area contributed by atoms with E-state index in [0.29, 0.717) is 24.3 Å². The lowest BCUT2D eigenvalue weighted by Crippen LogP contribution is -2.42. The Balaban J connectivity index is 1.17. The second-order valence-electron chi connectivity index (χ2n) is 8.94. The first kappa shape index (κ1) is 21.5.